The van der Waals surface area contributed by atoms with Crippen molar-refractivity contribution in [1.82, 2.24) is 5.32 Å². The van der Waals surface area contributed by atoms with Crippen LogP contribution in [0.4, 0.5) is 5.69 Å². The van der Waals surface area contributed by atoms with Crippen molar-refractivity contribution in [3.05, 3.63) is 29.8 Å². The van der Waals surface area contributed by atoms with Crippen molar-refractivity contribution in [2.75, 3.05) is 24.5 Å². The van der Waals surface area contributed by atoms with Crippen LogP contribution in [-0.4, -0.2) is 25.7 Å². The topological polar surface area (TPSA) is 15.3 Å². The average molecular weight is 246 g/mol. The van der Waals surface area contributed by atoms with E-state index in [1.54, 1.807) is 0 Å². The van der Waals surface area contributed by atoms with Crippen LogP contribution in [0.2, 0.25) is 0 Å². The third kappa shape index (κ3) is 3.49. The zero-order chi connectivity index (χ0) is 13.0. The number of anilines is 1. The lowest BCUT2D eigenvalue weighted by molar-refractivity contribution is 0.467. The van der Waals surface area contributed by atoms with Gasteiger partial charge in [0.25, 0.3) is 0 Å². The highest BCUT2D eigenvalue weighted by atomic mass is 15.1. The van der Waals surface area contributed by atoms with Crippen molar-refractivity contribution in [3.8, 4) is 0 Å². The first kappa shape index (κ1) is 13.4. The quantitative estimate of drug-likeness (QED) is 0.859. The minimum atomic E-state index is 0.584. The molecule has 100 valence electrons. The second kappa shape index (κ2) is 6.24. The molecule has 2 heteroatoms. The molecule has 0 spiro atoms. The summed E-state index contributed by atoms with van der Waals surface area (Å²) in [5.74, 6) is 0.693. The van der Waals surface area contributed by atoms with E-state index in [1.165, 1.54) is 30.6 Å². The molecule has 2 nitrogen and oxygen atoms in total. The Labute approximate surface area is 111 Å². The second-order valence-corrected chi connectivity index (χ2v) is 5.85. The van der Waals surface area contributed by atoms with Gasteiger partial charge in [0.2, 0.25) is 0 Å². The van der Waals surface area contributed by atoms with Gasteiger partial charge < -0.3 is 10.2 Å². The molecule has 0 saturated heterocycles. The molecule has 1 unspecified atom stereocenters. The zero-order valence-electron chi connectivity index (χ0n) is 11.9. The normalized spacial score (nSPS) is 16.8. The fraction of sp³-hybridized carbons (Fsp3) is 0.625. The highest BCUT2D eigenvalue weighted by Crippen LogP contribution is 2.27. The summed E-state index contributed by atoms with van der Waals surface area (Å²) in [6, 6.07) is 9.46. The minimum absolute atomic E-state index is 0.584. The summed E-state index contributed by atoms with van der Waals surface area (Å²) in [4.78, 5) is 2.56. The molecular weight excluding hydrogens is 220 g/mol. The van der Waals surface area contributed by atoms with Crippen LogP contribution in [-0.2, 0) is 6.42 Å². The first-order valence-corrected chi connectivity index (χ1v) is 7.23. The largest absolute Gasteiger partial charge is 0.371 e. The van der Waals surface area contributed by atoms with Gasteiger partial charge in [-0.2, -0.15) is 0 Å². The SMILES string of the molecule is CC(CNC(C)C)CN1CCCc2ccccc21. The van der Waals surface area contributed by atoms with E-state index in [-0.39, 0.29) is 0 Å². The molecule has 0 bridgehead atoms. The van der Waals surface area contributed by atoms with Crippen LogP contribution >= 0.6 is 0 Å². The van der Waals surface area contributed by atoms with E-state index in [2.05, 4.69) is 55.3 Å². The van der Waals surface area contributed by atoms with E-state index in [9.17, 15) is 0 Å². The van der Waals surface area contributed by atoms with Crippen LogP contribution in [0, 0.1) is 5.92 Å². The molecule has 1 aromatic rings. The van der Waals surface area contributed by atoms with Gasteiger partial charge in [-0.1, -0.05) is 39.0 Å². The van der Waals surface area contributed by atoms with Gasteiger partial charge in [0, 0.05) is 24.8 Å². The molecule has 18 heavy (non-hydrogen) atoms. The van der Waals surface area contributed by atoms with Gasteiger partial charge in [-0.05, 0) is 36.9 Å². The van der Waals surface area contributed by atoms with Crippen molar-refractivity contribution in [1.29, 1.82) is 0 Å². The lowest BCUT2D eigenvalue weighted by Gasteiger charge is -2.33. The average Bonchev–Trinajstić information content (AvgIpc) is 2.37. The molecule has 0 aromatic heterocycles. The molecule has 0 aliphatic carbocycles. The Bertz CT molecular complexity index is 373. The van der Waals surface area contributed by atoms with Crippen molar-refractivity contribution in [2.45, 2.75) is 39.7 Å². The van der Waals surface area contributed by atoms with Crippen molar-refractivity contribution in [2.24, 2.45) is 5.92 Å². The standard InChI is InChI=1S/C16H26N2/c1-13(2)17-11-14(3)12-18-10-6-8-15-7-4-5-9-16(15)18/h4-5,7,9,13-14,17H,6,8,10-12H2,1-3H3. The third-order valence-electron chi connectivity index (χ3n) is 3.61. The molecule has 0 fully saturated rings. The molecule has 1 aromatic carbocycles. The Morgan fingerprint density at radius 3 is 2.78 bits per heavy atom. The van der Waals surface area contributed by atoms with Gasteiger partial charge in [0.05, 0.1) is 0 Å². The molecule has 0 radical (unpaired) electrons. The molecule has 1 N–H and O–H groups in total. The number of nitrogens with zero attached hydrogens (tertiary/aromatic N) is 1. The molecule has 1 atom stereocenters. The predicted octanol–water partition coefficient (Wildman–Crippen LogP) is 3.07. The summed E-state index contributed by atoms with van der Waals surface area (Å²) in [5.41, 5.74) is 2.98. The molecule has 1 aliphatic rings. The number of hydrogen-bond donors (Lipinski definition) is 1. The second-order valence-electron chi connectivity index (χ2n) is 5.85. The van der Waals surface area contributed by atoms with Crippen LogP contribution in [0.25, 0.3) is 0 Å². The molecule has 2 rings (SSSR count). The number of rotatable bonds is 5. The van der Waals surface area contributed by atoms with Crippen molar-refractivity contribution in [3.63, 3.8) is 0 Å². The lowest BCUT2D eigenvalue weighted by Crippen LogP contribution is -2.37. The zero-order valence-corrected chi connectivity index (χ0v) is 11.9. The summed E-state index contributed by atoms with van der Waals surface area (Å²) in [6.45, 7) is 10.2. The highest BCUT2D eigenvalue weighted by Gasteiger charge is 2.17. The number of para-hydroxylation sites is 1. The van der Waals surface area contributed by atoms with Crippen LogP contribution in [0.3, 0.4) is 0 Å². The van der Waals surface area contributed by atoms with E-state index < -0.39 is 0 Å². The van der Waals surface area contributed by atoms with E-state index in [4.69, 9.17) is 0 Å². The molecule has 0 saturated carbocycles. The maximum Gasteiger partial charge on any atom is 0.0398 e. The monoisotopic (exact) mass is 246 g/mol. The summed E-state index contributed by atoms with van der Waals surface area (Å²) < 4.78 is 0. The van der Waals surface area contributed by atoms with E-state index in [0.29, 0.717) is 12.0 Å². The van der Waals surface area contributed by atoms with Crippen LogP contribution in [0.15, 0.2) is 24.3 Å². The van der Waals surface area contributed by atoms with E-state index >= 15 is 0 Å². The van der Waals surface area contributed by atoms with Crippen LogP contribution in [0.5, 0.6) is 0 Å². The molecule has 1 aliphatic heterocycles. The van der Waals surface area contributed by atoms with Gasteiger partial charge >= 0.3 is 0 Å². The predicted molar refractivity (Wildman–Crippen MR) is 79.3 cm³/mol. The number of benzene rings is 1. The fourth-order valence-corrected chi connectivity index (χ4v) is 2.68. The number of fused-ring (bicyclic) bond motifs is 1. The van der Waals surface area contributed by atoms with Gasteiger partial charge in [0.15, 0.2) is 0 Å². The van der Waals surface area contributed by atoms with E-state index in [0.717, 1.165) is 13.1 Å². The maximum absolute atomic E-state index is 3.53. The van der Waals surface area contributed by atoms with Gasteiger partial charge in [-0.3, -0.25) is 0 Å². The molecular formula is C16H26N2. The smallest absolute Gasteiger partial charge is 0.0398 e. The van der Waals surface area contributed by atoms with Gasteiger partial charge in [-0.25, -0.2) is 0 Å². The number of hydrogen-bond acceptors (Lipinski definition) is 2. The summed E-state index contributed by atoms with van der Waals surface area (Å²) in [6.07, 6.45) is 2.53. The van der Waals surface area contributed by atoms with Crippen molar-refractivity contribution < 1.29 is 0 Å². The summed E-state index contributed by atoms with van der Waals surface area (Å²) in [7, 11) is 0. The Morgan fingerprint density at radius 2 is 2.00 bits per heavy atom. The van der Waals surface area contributed by atoms with Gasteiger partial charge in [-0.15, -0.1) is 0 Å². The fourth-order valence-electron chi connectivity index (χ4n) is 2.68. The molecule has 1 heterocycles. The van der Waals surface area contributed by atoms with Crippen molar-refractivity contribution >= 4 is 5.69 Å². The number of nitrogens with one attached hydrogen (secondary N) is 1. The maximum atomic E-state index is 3.53. The summed E-state index contributed by atoms with van der Waals surface area (Å²) in [5, 5.41) is 3.53. The first-order chi connectivity index (χ1) is 8.66. The van der Waals surface area contributed by atoms with Crippen LogP contribution in [0.1, 0.15) is 32.8 Å². The Balaban J connectivity index is 1.94. The van der Waals surface area contributed by atoms with Gasteiger partial charge in [0.1, 0.15) is 0 Å². The summed E-state index contributed by atoms with van der Waals surface area (Å²) >= 11 is 0. The van der Waals surface area contributed by atoms with Crippen LogP contribution < -0.4 is 10.2 Å². The minimum Gasteiger partial charge on any atom is -0.371 e. The highest BCUT2D eigenvalue weighted by molar-refractivity contribution is 5.55. The van der Waals surface area contributed by atoms with E-state index in [1.807, 2.05) is 0 Å². The first-order valence-electron chi connectivity index (χ1n) is 7.23. The number of aryl methyl sites for hydroxylation is 1. The Morgan fingerprint density at radius 1 is 1.22 bits per heavy atom. The third-order valence-corrected chi connectivity index (χ3v) is 3.61. The Hall–Kier alpha value is -1.02. The lowest BCUT2D eigenvalue weighted by atomic mass is 10.0. The Kier molecular flexibility index (Phi) is 4.65. The molecule has 0 amide bonds.